The van der Waals surface area contributed by atoms with E-state index in [1.807, 2.05) is 50.2 Å². The Morgan fingerprint density at radius 1 is 1.11 bits per heavy atom. The molecule has 194 valence electrons. The van der Waals surface area contributed by atoms with Crippen LogP contribution in [0.3, 0.4) is 0 Å². The van der Waals surface area contributed by atoms with E-state index in [0.717, 1.165) is 11.1 Å². The molecule has 9 nitrogen and oxygen atoms in total. The highest BCUT2D eigenvalue weighted by atomic mass is 32.2. The zero-order chi connectivity index (χ0) is 26.7. The summed E-state index contributed by atoms with van der Waals surface area (Å²) < 4.78 is 36.1. The van der Waals surface area contributed by atoms with Crippen LogP contribution in [0.5, 0.6) is 0 Å². The number of pyridine rings is 1. The van der Waals surface area contributed by atoms with E-state index in [2.05, 4.69) is 5.16 Å². The minimum atomic E-state index is -4.07. The zero-order valence-electron chi connectivity index (χ0n) is 21.0. The number of nitrogens with zero attached hydrogens (tertiary/aromatic N) is 3. The number of aryl methyl sites for hydroxylation is 2. The SMILES string of the molecule is CCC(c1cc2onc(C)c2c(=O)n1Cc1ccccc1)N(CCC(N)=O)S(=O)(=O)c1cccc(C)c1. The van der Waals surface area contributed by atoms with Gasteiger partial charge in [-0.3, -0.25) is 9.59 Å². The van der Waals surface area contributed by atoms with Crippen LogP contribution in [0.4, 0.5) is 0 Å². The van der Waals surface area contributed by atoms with Gasteiger partial charge in [-0.05, 0) is 43.5 Å². The summed E-state index contributed by atoms with van der Waals surface area (Å²) >= 11 is 0. The van der Waals surface area contributed by atoms with Crippen LogP contribution in [0.15, 0.2) is 74.9 Å². The highest BCUT2D eigenvalue weighted by Crippen LogP contribution is 2.32. The van der Waals surface area contributed by atoms with E-state index in [0.29, 0.717) is 23.2 Å². The molecule has 0 aliphatic rings. The average molecular weight is 523 g/mol. The first-order valence-corrected chi connectivity index (χ1v) is 13.5. The molecular weight excluding hydrogens is 492 g/mol. The van der Waals surface area contributed by atoms with Crippen LogP contribution in [-0.4, -0.2) is 34.9 Å². The molecule has 0 radical (unpaired) electrons. The fraction of sp³-hybridized carbons (Fsp3) is 0.296. The summed E-state index contributed by atoms with van der Waals surface area (Å²) in [4.78, 5) is 25.6. The summed E-state index contributed by atoms with van der Waals surface area (Å²) in [7, 11) is -4.07. The Kier molecular flexibility index (Phi) is 7.60. The second-order valence-electron chi connectivity index (χ2n) is 9.03. The van der Waals surface area contributed by atoms with Gasteiger partial charge in [0.1, 0.15) is 5.39 Å². The normalized spacial score (nSPS) is 12.8. The van der Waals surface area contributed by atoms with Crippen molar-refractivity contribution < 1.29 is 17.7 Å². The quantitative estimate of drug-likeness (QED) is 0.338. The first kappa shape index (κ1) is 26.3. The van der Waals surface area contributed by atoms with E-state index in [4.69, 9.17) is 10.3 Å². The molecule has 4 rings (SSSR count). The molecular formula is C27H30N4O5S. The van der Waals surface area contributed by atoms with E-state index in [1.165, 1.54) is 10.4 Å². The topological polar surface area (TPSA) is 128 Å². The molecule has 10 heteroatoms. The fourth-order valence-corrected chi connectivity index (χ4v) is 6.33. The average Bonchev–Trinajstić information content (AvgIpc) is 3.24. The summed E-state index contributed by atoms with van der Waals surface area (Å²) in [5.41, 5.74) is 7.94. The lowest BCUT2D eigenvalue weighted by atomic mass is 10.1. The maximum Gasteiger partial charge on any atom is 0.264 e. The first-order valence-electron chi connectivity index (χ1n) is 12.0. The molecule has 2 N–H and O–H groups in total. The molecule has 0 aliphatic heterocycles. The predicted octanol–water partition coefficient (Wildman–Crippen LogP) is 3.67. The third-order valence-corrected chi connectivity index (χ3v) is 8.28. The number of nitrogens with two attached hydrogens (primary N) is 1. The molecule has 2 aromatic heterocycles. The number of amides is 1. The Bertz CT molecular complexity index is 1590. The van der Waals surface area contributed by atoms with Crippen molar-refractivity contribution >= 4 is 26.9 Å². The number of carbonyl (C=O) groups excluding carboxylic acids is 1. The lowest BCUT2D eigenvalue weighted by Crippen LogP contribution is -2.39. The third kappa shape index (κ3) is 5.35. The van der Waals surface area contributed by atoms with Gasteiger partial charge < -0.3 is 14.8 Å². The maximum absolute atomic E-state index is 13.9. The molecule has 2 aromatic carbocycles. The van der Waals surface area contributed by atoms with E-state index < -0.39 is 22.0 Å². The van der Waals surface area contributed by atoms with Crippen LogP contribution in [0.2, 0.25) is 0 Å². The molecule has 0 spiro atoms. The molecule has 1 atom stereocenters. The van der Waals surface area contributed by atoms with Gasteiger partial charge in [0.25, 0.3) is 5.56 Å². The number of aromatic nitrogens is 2. The standard InChI is InChI=1S/C27H30N4O5S/c1-4-22(31(14-13-25(28)32)37(34,35)21-12-8-9-18(2)15-21)23-16-24-26(19(3)29-36-24)27(33)30(23)17-20-10-6-5-7-11-20/h5-12,15-16,22H,4,13-14,17H2,1-3H3,(H2,28,32). The van der Waals surface area contributed by atoms with Gasteiger partial charge in [-0.1, -0.05) is 54.5 Å². The monoisotopic (exact) mass is 522 g/mol. The lowest BCUT2D eigenvalue weighted by Gasteiger charge is -2.32. The van der Waals surface area contributed by atoms with Crippen LogP contribution >= 0.6 is 0 Å². The van der Waals surface area contributed by atoms with Crippen LogP contribution in [0.25, 0.3) is 11.0 Å². The van der Waals surface area contributed by atoms with Crippen molar-refractivity contribution in [3.63, 3.8) is 0 Å². The van der Waals surface area contributed by atoms with Crippen molar-refractivity contribution in [1.82, 2.24) is 14.0 Å². The lowest BCUT2D eigenvalue weighted by molar-refractivity contribution is -0.118. The number of benzene rings is 2. The second-order valence-corrected chi connectivity index (χ2v) is 10.9. The van der Waals surface area contributed by atoms with Crippen LogP contribution < -0.4 is 11.3 Å². The molecule has 0 saturated carbocycles. The van der Waals surface area contributed by atoms with Crippen molar-refractivity contribution in [1.29, 1.82) is 0 Å². The van der Waals surface area contributed by atoms with Gasteiger partial charge in [-0.25, -0.2) is 8.42 Å². The van der Waals surface area contributed by atoms with Crippen molar-refractivity contribution in [3.8, 4) is 0 Å². The highest BCUT2D eigenvalue weighted by molar-refractivity contribution is 7.89. The Labute approximate surface area is 215 Å². The smallest absolute Gasteiger partial charge is 0.264 e. The fourth-order valence-electron chi connectivity index (χ4n) is 4.55. The number of rotatable bonds is 10. The van der Waals surface area contributed by atoms with Crippen LogP contribution in [0, 0.1) is 13.8 Å². The second kappa shape index (κ2) is 10.7. The largest absolute Gasteiger partial charge is 0.370 e. The molecule has 37 heavy (non-hydrogen) atoms. The minimum absolute atomic E-state index is 0.101. The van der Waals surface area contributed by atoms with Gasteiger partial charge in [0.15, 0.2) is 5.58 Å². The molecule has 1 amide bonds. The Balaban J connectivity index is 1.94. The Morgan fingerprint density at radius 2 is 1.84 bits per heavy atom. The van der Waals surface area contributed by atoms with E-state index in [9.17, 15) is 18.0 Å². The van der Waals surface area contributed by atoms with Crippen molar-refractivity contribution in [3.05, 3.63) is 93.5 Å². The van der Waals surface area contributed by atoms with Gasteiger partial charge in [0.2, 0.25) is 15.9 Å². The van der Waals surface area contributed by atoms with E-state index >= 15 is 0 Å². The van der Waals surface area contributed by atoms with Crippen molar-refractivity contribution in [2.24, 2.45) is 5.73 Å². The number of hydrogen-bond acceptors (Lipinski definition) is 6. The van der Waals surface area contributed by atoms with Gasteiger partial charge in [0, 0.05) is 24.7 Å². The molecule has 2 heterocycles. The number of hydrogen-bond donors (Lipinski definition) is 1. The summed E-state index contributed by atoms with van der Waals surface area (Å²) in [6.45, 7) is 5.42. The van der Waals surface area contributed by atoms with Gasteiger partial charge in [-0.15, -0.1) is 0 Å². The molecule has 0 aliphatic carbocycles. The van der Waals surface area contributed by atoms with Crippen molar-refractivity contribution in [2.75, 3.05) is 6.54 Å². The first-order chi connectivity index (χ1) is 17.6. The van der Waals surface area contributed by atoms with Crippen molar-refractivity contribution in [2.45, 2.75) is 51.1 Å². The predicted molar refractivity (Wildman–Crippen MR) is 140 cm³/mol. The Hall–Kier alpha value is -3.76. The molecule has 4 aromatic rings. The number of sulfonamides is 1. The number of primary amides is 1. The van der Waals surface area contributed by atoms with Gasteiger partial charge >= 0.3 is 0 Å². The third-order valence-electron chi connectivity index (χ3n) is 6.37. The van der Waals surface area contributed by atoms with E-state index in [-0.39, 0.29) is 35.5 Å². The zero-order valence-corrected chi connectivity index (χ0v) is 21.9. The Morgan fingerprint density at radius 3 is 2.49 bits per heavy atom. The van der Waals surface area contributed by atoms with Gasteiger partial charge in [0.05, 0.1) is 23.2 Å². The number of fused-ring (bicyclic) bond motifs is 1. The minimum Gasteiger partial charge on any atom is -0.370 e. The van der Waals surface area contributed by atoms with Crippen LogP contribution in [0.1, 0.15) is 48.3 Å². The van der Waals surface area contributed by atoms with E-state index in [1.54, 1.807) is 29.7 Å². The van der Waals surface area contributed by atoms with Crippen LogP contribution in [-0.2, 0) is 21.4 Å². The highest BCUT2D eigenvalue weighted by Gasteiger charge is 2.34. The molecule has 0 fully saturated rings. The number of carbonyl (C=O) groups is 1. The summed E-state index contributed by atoms with van der Waals surface area (Å²) in [5.74, 6) is -0.623. The summed E-state index contributed by atoms with van der Waals surface area (Å²) in [5, 5.41) is 4.31. The summed E-state index contributed by atoms with van der Waals surface area (Å²) in [6, 6.07) is 16.9. The molecule has 0 bridgehead atoms. The summed E-state index contributed by atoms with van der Waals surface area (Å²) in [6.07, 6.45) is 0.158. The maximum atomic E-state index is 13.9. The van der Waals surface area contributed by atoms with Gasteiger partial charge in [-0.2, -0.15) is 4.31 Å². The molecule has 1 unspecified atom stereocenters. The molecule has 0 saturated heterocycles.